The van der Waals surface area contributed by atoms with Crippen molar-refractivity contribution in [2.45, 2.75) is 32.7 Å². The molecule has 0 N–H and O–H groups in total. The molecular formula is C20H22N4O4. The van der Waals surface area contributed by atoms with Crippen LogP contribution >= 0.6 is 0 Å². The van der Waals surface area contributed by atoms with E-state index in [9.17, 15) is 9.59 Å². The van der Waals surface area contributed by atoms with Crippen molar-refractivity contribution in [3.8, 4) is 0 Å². The molecule has 146 valence electrons. The van der Waals surface area contributed by atoms with Gasteiger partial charge in [0.2, 0.25) is 17.7 Å². The van der Waals surface area contributed by atoms with Gasteiger partial charge < -0.3 is 14.1 Å². The first-order valence-electron chi connectivity index (χ1n) is 9.38. The first-order chi connectivity index (χ1) is 13.5. The molecule has 0 atom stereocenters. The molecule has 4 rings (SSSR count). The molecule has 2 amide bonds. The summed E-state index contributed by atoms with van der Waals surface area (Å²) in [6.45, 7) is 5.98. The van der Waals surface area contributed by atoms with Gasteiger partial charge in [-0.25, -0.2) is 4.79 Å². The number of rotatable bonds is 4. The molecule has 1 fully saturated rings. The summed E-state index contributed by atoms with van der Waals surface area (Å²) in [5.41, 5.74) is 3.03. The molecule has 2 aliphatic heterocycles. The van der Waals surface area contributed by atoms with E-state index in [1.807, 2.05) is 32.0 Å². The second-order valence-electron chi connectivity index (χ2n) is 7.16. The largest absolute Gasteiger partial charge is 0.447 e. The Morgan fingerprint density at radius 1 is 1.25 bits per heavy atom. The smallest absolute Gasteiger partial charge is 0.414 e. The van der Waals surface area contributed by atoms with E-state index in [4.69, 9.17) is 9.15 Å². The van der Waals surface area contributed by atoms with E-state index in [2.05, 4.69) is 10.2 Å². The molecule has 0 aliphatic carbocycles. The van der Waals surface area contributed by atoms with Gasteiger partial charge in [0, 0.05) is 31.2 Å². The summed E-state index contributed by atoms with van der Waals surface area (Å²) in [5.74, 6) is 0.906. The zero-order valence-electron chi connectivity index (χ0n) is 15.9. The van der Waals surface area contributed by atoms with Crippen molar-refractivity contribution in [3.05, 3.63) is 47.2 Å². The van der Waals surface area contributed by atoms with Gasteiger partial charge >= 0.3 is 6.09 Å². The van der Waals surface area contributed by atoms with Crippen LogP contribution in [0.5, 0.6) is 0 Å². The Balaban J connectivity index is 1.47. The third kappa shape index (κ3) is 3.49. The fraction of sp³-hybridized carbons (Fsp3) is 0.400. The maximum absolute atomic E-state index is 12.6. The van der Waals surface area contributed by atoms with Crippen molar-refractivity contribution < 1.29 is 18.7 Å². The Hall–Kier alpha value is -3.16. The van der Waals surface area contributed by atoms with E-state index in [-0.39, 0.29) is 17.9 Å². The molecule has 2 aromatic rings. The molecule has 0 bridgehead atoms. The lowest BCUT2D eigenvalue weighted by molar-refractivity contribution is -0.126. The first-order valence-corrected chi connectivity index (χ1v) is 9.38. The Bertz CT molecular complexity index is 934. The Morgan fingerprint density at radius 2 is 2.11 bits per heavy atom. The van der Waals surface area contributed by atoms with Crippen molar-refractivity contribution in [2.75, 3.05) is 24.6 Å². The number of benzene rings is 1. The molecule has 0 radical (unpaired) electrons. The molecule has 8 heteroatoms. The molecule has 8 nitrogen and oxygen atoms in total. The molecule has 0 unspecified atom stereocenters. The van der Waals surface area contributed by atoms with Crippen molar-refractivity contribution in [2.24, 2.45) is 0 Å². The van der Waals surface area contributed by atoms with E-state index < -0.39 is 0 Å². The van der Waals surface area contributed by atoms with Gasteiger partial charge in [-0.3, -0.25) is 9.69 Å². The zero-order valence-corrected chi connectivity index (χ0v) is 15.9. The monoisotopic (exact) mass is 382 g/mol. The summed E-state index contributed by atoms with van der Waals surface area (Å²) < 4.78 is 10.5. The summed E-state index contributed by atoms with van der Waals surface area (Å²) >= 11 is 0. The summed E-state index contributed by atoms with van der Waals surface area (Å²) in [4.78, 5) is 27.9. The Kier molecular flexibility index (Phi) is 4.85. The maximum Gasteiger partial charge on any atom is 0.414 e. The van der Waals surface area contributed by atoms with Gasteiger partial charge in [0.25, 0.3) is 0 Å². The van der Waals surface area contributed by atoms with E-state index in [1.165, 1.54) is 6.08 Å². The van der Waals surface area contributed by atoms with Gasteiger partial charge in [-0.2, -0.15) is 0 Å². The Morgan fingerprint density at radius 3 is 2.82 bits per heavy atom. The molecule has 2 aliphatic rings. The number of carbonyl (C=O) groups is 2. The van der Waals surface area contributed by atoms with Crippen LogP contribution in [0.3, 0.4) is 0 Å². The molecular weight excluding hydrogens is 360 g/mol. The molecule has 0 saturated carbocycles. The molecule has 1 aromatic heterocycles. The van der Waals surface area contributed by atoms with Gasteiger partial charge in [0.1, 0.15) is 6.61 Å². The number of ether oxygens (including phenoxy) is 1. The highest BCUT2D eigenvalue weighted by Crippen LogP contribution is 2.30. The van der Waals surface area contributed by atoms with Crippen LogP contribution in [0.2, 0.25) is 0 Å². The number of anilines is 1. The van der Waals surface area contributed by atoms with Crippen molar-refractivity contribution in [1.82, 2.24) is 15.1 Å². The van der Waals surface area contributed by atoms with E-state index >= 15 is 0 Å². The highest BCUT2D eigenvalue weighted by atomic mass is 16.6. The molecule has 1 aromatic carbocycles. The second kappa shape index (κ2) is 7.46. The third-order valence-corrected chi connectivity index (χ3v) is 4.92. The fourth-order valence-electron chi connectivity index (χ4n) is 3.44. The van der Waals surface area contributed by atoms with Gasteiger partial charge in [0.15, 0.2) is 0 Å². The number of hydrogen-bond donors (Lipinski definition) is 0. The van der Waals surface area contributed by atoms with Crippen molar-refractivity contribution >= 4 is 23.8 Å². The number of hydrogen-bond acceptors (Lipinski definition) is 6. The predicted molar refractivity (Wildman–Crippen MR) is 102 cm³/mol. The van der Waals surface area contributed by atoms with Gasteiger partial charge in [-0.1, -0.05) is 26.0 Å². The third-order valence-electron chi connectivity index (χ3n) is 4.92. The number of fused-ring (bicyclic) bond motifs is 1. The minimum Gasteiger partial charge on any atom is -0.447 e. The van der Waals surface area contributed by atoms with Gasteiger partial charge in [-0.05, 0) is 23.6 Å². The van der Waals surface area contributed by atoms with Crippen molar-refractivity contribution in [1.29, 1.82) is 0 Å². The first kappa shape index (κ1) is 18.2. The fourth-order valence-corrected chi connectivity index (χ4v) is 3.44. The average molecular weight is 382 g/mol. The van der Waals surface area contributed by atoms with E-state index in [1.54, 1.807) is 15.9 Å². The Labute approximate surface area is 162 Å². The lowest BCUT2D eigenvalue weighted by Gasteiger charge is -2.30. The zero-order chi connectivity index (χ0) is 19.7. The summed E-state index contributed by atoms with van der Waals surface area (Å²) in [6, 6.07) is 5.84. The van der Waals surface area contributed by atoms with Crippen LogP contribution < -0.4 is 4.90 Å². The minimum atomic E-state index is -0.310. The maximum atomic E-state index is 12.6. The number of amides is 2. The van der Waals surface area contributed by atoms with Crippen LogP contribution in [0.15, 0.2) is 28.7 Å². The number of cyclic esters (lactones) is 1. The van der Waals surface area contributed by atoms with Crippen LogP contribution in [0.4, 0.5) is 10.5 Å². The normalized spacial score (nSPS) is 16.8. The highest BCUT2D eigenvalue weighted by molar-refractivity contribution is 5.92. The number of nitrogens with zero attached hydrogens (tertiary/aromatic N) is 4. The lowest BCUT2D eigenvalue weighted by atomic mass is 9.97. The SMILES string of the molecule is CC(C)c1nnc(C=CC(=O)N2CCc3c(cccc3N3CCOC3=O)C2)o1. The van der Waals surface area contributed by atoms with Crippen LogP contribution in [-0.4, -0.2) is 46.8 Å². The lowest BCUT2D eigenvalue weighted by Crippen LogP contribution is -2.36. The molecule has 0 spiro atoms. The molecule has 1 saturated heterocycles. The van der Waals surface area contributed by atoms with Gasteiger partial charge in [0.05, 0.1) is 12.2 Å². The van der Waals surface area contributed by atoms with Crippen LogP contribution in [0.25, 0.3) is 6.08 Å². The highest BCUT2D eigenvalue weighted by Gasteiger charge is 2.29. The van der Waals surface area contributed by atoms with Gasteiger partial charge in [-0.15, -0.1) is 10.2 Å². The number of carbonyl (C=O) groups excluding carboxylic acids is 2. The summed E-state index contributed by atoms with van der Waals surface area (Å²) in [6.07, 6.45) is 3.39. The quantitative estimate of drug-likeness (QED) is 0.756. The van der Waals surface area contributed by atoms with Crippen molar-refractivity contribution in [3.63, 3.8) is 0 Å². The van der Waals surface area contributed by atoms with E-state index in [0.29, 0.717) is 44.4 Å². The van der Waals surface area contributed by atoms with Crippen LogP contribution in [0, 0.1) is 0 Å². The summed E-state index contributed by atoms with van der Waals surface area (Å²) in [5, 5.41) is 7.88. The topological polar surface area (TPSA) is 88.8 Å². The molecule has 28 heavy (non-hydrogen) atoms. The van der Waals surface area contributed by atoms with E-state index in [0.717, 1.165) is 16.8 Å². The average Bonchev–Trinajstić information content (AvgIpc) is 3.34. The predicted octanol–water partition coefficient (Wildman–Crippen LogP) is 2.75. The number of aromatic nitrogens is 2. The van der Waals surface area contributed by atoms with Crippen LogP contribution in [-0.2, 0) is 22.5 Å². The second-order valence-corrected chi connectivity index (χ2v) is 7.16. The molecule has 3 heterocycles. The summed E-state index contributed by atoms with van der Waals surface area (Å²) in [7, 11) is 0. The standard InChI is InChI=1S/C20H22N4O4/c1-13(2)19-22-21-17(28-19)6-7-18(25)23-9-8-15-14(12-23)4-3-5-16(15)24-10-11-27-20(24)26/h3-7,13H,8-12H2,1-2H3. The van der Waals surface area contributed by atoms with Crippen LogP contribution in [0.1, 0.15) is 42.7 Å². The minimum absolute atomic E-state index is 0.110.